The number of hydrogen-bond acceptors (Lipinski definition) is 14. The Morgan fingerprint density at radius 1 is 1.00 bits per heavy atom. The Kier molecular flexibility index (Phi) is 16.1. The molecule has 3 aliphatic heterocycles. The predicted molar refractivity (Wildman–Crippen MR) is 258 cm³/mol. The Morgan fingerprint density at radius 2 is 1.77 bits per heavy atom. The van der Waals surface area contributed by atoms with Gasteiger partial charge in [-0.2, -0.15) is 0 Å². The van der Waals surface area contributed by atoms with Crippen molar-refractivity contribution < 1.29 is 56.0 Å². The highest BCUT2D eigenvalue weighted by atomic mass is 32.2. The number of nitrogens with zero attached hydrogens (tertiary/aromatic N) is 3. The van der Waals surface area contributed by atoms with Crippen molar-refractivity contribution in [1.29, 1.82) is 0 Å². The van der Waals surface area contributed by atoms with E-state index in [1.165, 1.54) is 12.0 Å². The number of Topliss-reactive ketones (excluding diaryl/α,β-unsaturated/α-hetero) is 1. The van der Waals surface area contributed by atoms with Crippen molar-refractivity contribution in [3.63, 3.8) is 0 Å². The Morgan fingerprint density at radius 3 is 2.49 bits per heavy atom. The molecule has 1 aromatic heterocycles. The highest BCUT2D eigenvalue weighted by Gasteiger charge is 2.63. The molecular formula is C52H74N4O12S. The summed E-state index contributed by atoms with van der Waals surface area (Å²) in [6.07, 6.45) is 8.21. The van der Waals surface area contributed by atoms with Gasteiger partial charge in [-0.1, -0.05) is 51.8 Å². The lowest BCUT2D eigenvalue weighted by molar-refractivity contribution is -0.158. The number of nitrogens with one attached hydrogen (secondary N) is 1. The molecule has 3 saturated carbocycles. The van der Waals surface area contributed by atoms with Crippen molar-refractivity contribution in [2.75, 3.05) is 72.9 Å². The van der Waals surface area contributed by atoms with Crippen molar-refractivity contribution in [2.24, 2.45) is 28.6 Å². The minimum Gasteiger partial charge on any atom is -0.491 e. The van der Waals surface area contributed by atoms with Crippen LogP contribution in [0.15, 0.2) is 36.9 Å². The van der Waals surface area contributed by atoms with Gasteiger partial charge in [0.15, 0.2) is 5.78 Å². The molecule has 1 aromatic carbocycles. The van der Waals surface area contributed by atoms with E-state index < -0.39 is 67.2 Å². The van der Waals surface area contributed by atoms with Crippen LogP contribution in [0.2, 0.25) is 0 Å². The lowest BCUT2D eigenvalue weighted by Gasteiger charge is -2.35. The molecule has 7 atom stereocenters. The molecule has 1 unspecified atom stereocenters. The smallest absolute Gasteiger partial charge is 0.306 e. The summed E-state index contributed by atoms with van der Waals surface area (Å²) in [5.74, 6) is -1.94. The summed E-state index contributed by atoms with van der Waals surface area (Å²) >= 11 is 0. The number of aromatic nitrogens is 1. The number of carbonyl (C=O) groups excluding carboxylic acids is 4. The monoisotopic (exact) mass is 979 g/mol. The van der Waals surface area contributed by atoms with E-state index in [-0.39, 0.29) is 63.4 Å². The zero-order valence-electron chi connectivity index (χ0n) is 41.2. The van der Waals surface area contributed by atoms with Crippen LogP contribution in [0.3, 0.4) is 0 Å². The number of benzene rings is 1. The van der Waals surface area contributed by atoms with Crippen molar-refractivity contribution in [1.82, 2.24) is 19.5 Å². The molecule has 6 aliphatic rings. The summed E-state index contributed by atoms with van der Waals surface area (Å²) < 4.78 is 64.8. The topological polar surface area (TPSA) is 189 Å². The number of pyridine rings is 1. The van der Waals surface area contributed by atoms with Gasteiger partial charge in [0, 0.05) is 45.0 Å². The molecule has 2 bridgehead atoms. The molecule has 0 radical (unpaired) electrons. The average molecular weight is 979 g/mol. The highest BCUT2D eigenvalue weighted by molar-refractivity contribution is 7.91. The molecule has 4 heterocycles. The number of ketones is 1. The van der Waals surface area contributed by atoms with Crippen molar-refractivity contribution in [2.45, 2.75) is 134 Å². The van der Waals surface area contributed by atoms with Gasteiger partial charge < -0.3 is 33.3 Å². The minimum atomic E-state index is -4.19. The third-order valence-corrected chi connectivity index (χ3v) is 17.8. The van der Waals surface area contributed by atoms with Crippen LogP contribution in [0.5, 0.6) is 11.6 Å². The fourth-order valence-corrected chi connectivity index (χ4v) is 12.6. The molecule has 2 amide bonds. The van der Waals surface area contributed by atoms with E-state index in [0.29, 0.717) is 62.8 Å². The first-order valence-electron chi connectivity index (χ1n) is 25.4. The van der Waals surface area contributed by atoms with E-state index in [9.17, 15) is 18.0 Å². The second kappa shape index (κ2) is 21.7. The predicted octanol–water partition coefficient (Wildman–Crippen LogP) is 5.97. The van der Waals surface area contributed by atoms with Crippen LogP contribution in [0, 0.1) is 28.6 Å². The minimum absolute atomic E-state index is 0.0206. The number of methoxy groups -OCH3 is 1. The van der Waals surface area contributed by atoms with Gasteiger partial charge >= 0.3 is 5.97 Å². The van der Waals surface area contributed by atoms with Gasteiger partial charge in [0.25, 0.3) is 0 Å². The van der Waals surface area contributed by atoms with Crippen LogP contribution in [0.4, 0.5) is 0 Å². The number of amides is 2. The first-order valence-corrected chi connectivity index (χ1v) is 26.9. The largest absolute Gasteiger partial charge is 0.491 e. The number of ether oxygens (including phenoxy) is 6. The summed E-state index contributed by atoms with van der Waals surface area (Å²) in [7, 11) is -2.66. The Balaban J connectivity index is 1.11. The van der Waals surface area contributed by atoms with Crippen LogP contribution >= 0.6 is 0 Å². The van der Waals surface area contributed by atoms with E-state index in [4.69, 9.17) is 33.4 Å². The van der Waals surface area contributed by atoms with E-state index in [1.54, 1.807) is 6.08 Å². The number of para-hydroxylation sites is 1. The third-order valence-electron chi connectivity index (χ3n) is 15.7. The van der Waals surface area contributed by atoms with E-state index in [1.807, 2.05) is 45.0 Å². The van der Waals surface area contributed by atoms with Gasteiger partial charge in [0.1, 0.15) is 29.3 Å². The van der Waals surface area contributed by atoms with Crippen LogP contribution in [0.1, 0.15) is 110 Å². The molecule has 2 saturated heterocycles. The Bertz CT molecular complexity index is 2310. The molecule has 0 spiro atoms. The molecule has 1 N–H and O–H groups in total. The lowest BCUT2D eigenvalue weighted by Crippen LogP contribution is -2.49. The Labute approximate surface area is 407 Å². The summed E-state index contributed by atoms with van der Waals surface area (Å²) in [4.78, 5) is 67.3. The maximum atomic E-state index is 15.2. The molecule has 17 heteroatoms. The quantitative estimate of drug-likeness (QED) is 0.118. The maximum absolute atomic E-state index is 15.2. The number of rotatable bonds is 16. The van der Waals surface area contributed by atoms with E-state index >= 15 is 9.59 Å². The average Bonchev–Trinajstić information content (AvgIpc) is 4.17. The highest BCUT2D eigenvalue weighted by Crippen LogP contribution is 2.57. The van der Waals surface area contributed by atoms with Gasteiger partial charge in [-0.15, -0.1) is 6.58 Å². The first kappa shape index (κ1) is 51.2. The van der Waals surface area contributed by atoms with E-state index in [0.717, 1.165) is 75.5 Å². The molecule has 8 rings (SSSR count). The van der Waals surface area contributed by atoms with E-state index in [2.05, 4.69) is 16.2 Å². The van der Waals surface area contributed by atoms with Crippen LogP contribution < -0.4 is 14.2 Å². The summed E-state index contributed by atoms with van der Waals surface area (Å²) in [6, 6.07) is 6.80. The molecule has 5 fully saturated rings. The summed E-state index contributed by atoms with van der Waals surface area (Å²) in [5.41, 5.74) is -0.556. The summed E-state index contributed by atoms with van der Waals surface area (Å²) in [5, 5.41) is 0.877. The molecule has 16 nitrogen and oxygen atoms in total. The zero-order chi connectivity index (χ0) is 49.0. The SMILES string of the molecule is C=CC1C[C@]1(CC(=O)[C@@H]1C[C@@H]2CN1C(=O)[C@H](C(C)(C)C)CC(=O)O[C@@H]1CCC[C@H]1CCCCCc1c(nc3ccccc3c1OCCN1CCOCC1)O2)C(=O)NS(=O)(=O)C1(COCCOC)CC1. The molecule has 2 aromatic rings. The van der Waals surface area contributed by atoms with Gasteiger partial charge in [-0.3, -0.25) is 28.8 Å². The number of carbonyl (C=O) groups is 4. The van der Waals surface area contributed by atoms with Crippen molar-refractivity contribution in [3.8, 4) is 11.6 Å². The number of fused-ring (bicyclic) bond motifs is 5. The number of allylic oxidation sites excluding steroid dienone is 1. The molecule has 69 heavy (non-hydrogen) atoms. The van der Waals surface area contributed by atoms with Crippen LogP contribution in [0.25, 0.3) is 10.9 Å². The number of hydrogen-bond donors (Lipinski definition) is 1. The van der Waals surface area contributed by atoms with Gasteiger partial charge in [-0.05, 0) is 87.2 Å². The number of sulfonamides is 1. The first-order chi connectivity index (χ1) is 33.1. The maximum Gasteiger partial charge on any atom is 0.306 e. The molecular weight excluding hydrogens is 905 g/mol. The standard InChI is InChI=1S/C52H74N4O12S/c1-6-36-31-52(36,49(60)54-69(61,62)51(19-20-51)34-65-28-27-63-5)32-43(57)42-29-37-33-56(42)48(59)40(50(2,3)4)30-45(58)68-44-18-12-14-35(44)13-8-7-9-16-39-46(66-26-23-55-21-24-64-25-22-55)38-15-10-11-17-41(38)53-47(39)67-37/h6,10-11,15,17,35-37,40,42,44H,1,7-9,12-14,16,18-34H2,2-5H3,(H,54,60)/t35-,36?,37-,40-,42+,44-,52-/m1/s1. The lowest BCUT2D eigenvalue weighted by atomic mass is 9.77. The third kappa shape index (κ3) is 11.6. The Hall–Kier alpha value is -4.16. The van der Waals surface area contributed by atoms with Gasteiger partial charge in [-0.25, -0.2) is 13.4 Å². The second-order valence-electron chi connectivity index (χ2n) is 21.5. The van der Waals surface area contributed by atoms with Crippen LogP contribution in [-0.4, -0.2) is 143 Å². The zero-order valence-corrected chi connectivity index (χ0v) is 42.0. The van der Waals surface area contributed by atoms with Gasteiger partial charge in [0.2, 0.25) is 27.7 Å². The molecule has 3 aliphatic carbocycles. The second-order valence-corrected chi connectivity index (χ2v) is 23.6. The normalized spacial score (nSPS) is 28.9. The van der Waals surface area contributed by atoms with Gasteiger partial charge in [0.05, 0.1) is 74.5 Å². The summed E-state index contributed by atoms with van der Waals surface area (Å²) in [6.45, 7) is 14.3. The fraction of sp³-hybridized carbons (Fsp3) is 0.712. The van der Waals surface area contributed by atoms with Crippen molar-refractivity contribution >= 4 is 44.5 Å². The van der Waals surface area contributed by atoms with Crippen LogP contribution in [-0.2, 0) is 54.6 Å². The fourth-order valence-electron chi connectivity index (χ4n) is 11.1. The molecule has 380 valence electrons. The number of esters is 1. The van der Waals surface area contributed by atoms with Crippen molar-refractivity contribution in [3.05, 3.63) is 42.5 Å². The number of morpholine rings is 1.